The molecule has 1 heterocycles. The molecule has 1 aliphatic rings. The second-order valence-corrected chi connectivity index (χ2v) is 5.25. The van der Waals surface area contributed by atoms with Crippen molar-refractivity contribution in [2.45, 2.75) is 25.3 Å². The number of benzene rings is 1. The molecule has 1 aliphatic carbocycles. The van der Waals surface area contributed by atoms with Crippen molar-refractivity contribution in [1.29, 1.82) is 0 Å². The van der Waals surface area contributed by atoms with Crippen molar-refractivity contribution < 1.29 is 14.4 Å². The van der Waals surface area contributed by atoms with Crippen LogP contribution in [0.25, 0.3) is 11.3 Å². The monoisotopic (exact) mass is 286 g/mol. The molecule has 1 N–H and O–H groups in total. The van der Waals surface area contributed by atoms with Crippen LogP contribution in [-0.2, 0) is 0 Å². The average Bonchev–Trinajstić information content (AvgIpc) is 2.95. The van der Waals surface area contributed by atoms with Crippen LogP contribution in [0.5, 0.6) is 0 Å². The first kappa shape index (κ1) is 13.8. The Morgan fingerprint density at radius 3 is 2.71 bits per heavy atom. The summed E-state index contributed by atoms with van der Waals surface area (Å²) in [7, 11) is 0. The van der Waals surface area contributed by atoms with Gasteiger partial charge >= 0.3 is 0 Å². The van der Waals surface area contributed by atoms with Gasteiger partial charge in [-0.05, 0) is 19.3 Å². The summed E-state index contributed by atoms with van der Waals surface area (Å²) in [5.41, 5.74) is 1.56. The minimum Gasteiger partial charge on any atom is -0.395 e. The number of hydrogen-bond acceptors (Lipinski definition) is 4. The van der Waals surface area contributed by atoms with Gasteiger partial charge < -0.3 is 14.5 Å². The molecule has 1 aromatic heterocycles. The fourth-order valence-electron chi connectivity index (χ4n) is 2.52. The molecule has 1 saturated carbocycles. The highest BCUT2D eigenvalue weighted by atomic mass is 16.5. The Morgan fingerprint density at radius 2 is 2.10 bits per heavy atom. The van der Waals surface area contributed by atoms with Gasteiger partial charge in [0.1, 0.15) is 5.69 Å². The number of carbonyl (C=O) groups excluding carboxylic acids is 1. The van der Waals surface area contributed by atoms with E-state index in [0.717, 1.165) is 24.8 Å². The lowest BCUT2D eigenvalue weighted by Crippen LogP contribution is -2.45. The third-order valence-electron chi connectivity index (χ3n) is 3.91. The highest BCUT2D eigenvalue weighted by molar-refractivity contribution is 5.92. The Morgan fingerprint density at radius 1 is 1.33 bits per heavy atom. The van der Waals surface area contributed by atoms with Gasteiger partial charge in [-0.25, -0.2) is 0 Å². The van der Waals surface area contributed by atoms with Gasteiger partial charge in [-0.15, -0.1) is 0 Å². The predicted molar refractivity (Wildman–Crippen MR) is 77.7 cm³/mol. The summed E-state index contributed by atoms with van der Waals surface area (Å²) in [6.45, 7) is 0.298. The zero-order valence-corrected chi connectivity index (χ0v) is 11.7. The maximum atomic E-state index is 12.5. The highest BCUT2D eigenvalue weighted by Crippen LogP contribution is 2.27. The molecule has 1 fully saturated rings. The van der Waals surface area contributed by atoms with Crippen LogP contribution in [0.1, 0.15) is 29.8 Å². The molecular formula is C16H18N2O3. The standard InChI is InChI=1S/C16H18N2O3/c19-10-9-18(13-7-4-8-13)16(20)15-11-14(17-21-15)12-5-2-1-3-6-12/h1-3,5-6,11,13,19H,4,7-10H2. The first-order valence-electron chi connectivity index (χ1n) is 7.23. The van der Waals surface area contributed by atoms with Crippen LogP contribution in [0.15, 0.2) is 40.9 Å². The van der Waals surface area contributed by atoms with Crippen LogP contribution in [0.3, 0.4) is 0 Å². The predicted octanol–water partition coefficient (Wildman–Crippen LogP) is 2.33. The van der Waals surface area contributed by atoms with Crippen LogP contribution in [0.4, 0.5) is 0 Å². The van der Waals surface area contributed by atoms with Crippen LogP contribution in [0, 0.1) is 0 Å². The lowest BCUT2D eigenvalue weighted by atomic mass is 9.91. The molecule has 1 amide bonds. The van der Waals surface area contributed by atoms with Gasteiger partial charge in [0.05, 0.1) is 6.61 Å². The van der Waals surface area contributed by atoms with Crippen LogP contribution < -0.4 is 0 Å². The van der Waals surface area contributed by atoms with Crippen molar-refractivity contribution in [2.24, 2.45) is 0 Å². The Bertz CT molecular complexity index is 605. The third kappa shape index (κ3) is 2.83. The number of hydrogen-bond donors (Lipinski definition) is 1. The summed E-state index contributed by atoms with van der Waals surface area (Å²) in [6, 6.07) is 11.5. The summed E-state index contributed by atoms with van der Waals surface area (Å²) in [4.78, 5) is 14.2. The van der Waals surface area contributed by atoms with Gasteiger partial charge in [0.25, 0.3) is 5.91 Å². The molecule has 21 heavy (non-hydrogen) atoms. The molecule has 1 aromatic carbocycles. The maximum absolute atomic E-state index is 12.5. The van der Waals surface area contributed by atoms with E-state index in [4.69, 9.17) is 9.63 Å². The molecule has 3 rings (SSSR count). The van der Waals surface area contributed by atoms with E-state index in [9.17, 15) is 4.79 Å². The molecule has 0 bridgehead atoms. The number of carbonyl (C=O) groups is 1. The fraction of sp³-hybridized carbons (Fsp3) is 0.375. The first-order valence-corrected chi connectivity index (χ1v) is 7.23. The van der Waals surface area contributed by atoms with E-state index in [1.165, 1.54) is 0 Å². The lowest BCUT2D eigenvalue weighted by molar-refractivity contribution is 0.0486. The molecule has 0 aliphatic heterocycles. The second-order valence-electron chi connectivity index (χ2n) is 5.25. The van der Waals surface area contributed by atoms with Gasteiger partial charge in [0.15, 0.2) is 0 Å². The first-order chi connectivity index (χ1) is 10.3. The summed E-state index contributed by atoms with van der Waals surface area (Å²) in [5.74, 6) is 0.0395. The maximum Gasteiger partial charge on any atom is 0.292 e. The van der Waals surface area contributed by atoms with E-state index in [1.807, 2.05) is 30.3 Å². The van der Waals surface area contributed by atoms with Crippen molar-refractivity contribution in [3.63, 3.8) is 0 Å². The summed E-state index contributed by atoms with van der Waals surface area (Å²) in [6.07, 6.45) is 3.11. The van der Waals surface area contributed by atoms with Crippen LogP contribution in [0.2, 0.25) is 0 Å². The zero-order valence-electron chi connectivity index (χ0n) is 11.7. The highest BCUT2D eigenvalue weighted by Gasteiger charge is 2.31. The van der Waals surface area contributed by atoms with Gasteiger partial charge in [-0.3, -0.25) is 4.79 Å². The van der Waals surface area contributed by atoms with E-state index < -0.39 is 0 Å². The van der Waals surface area contributed by atoms with Crippen molar-refractivity contribution in [3.8, 4) is 11.3 Å². The van der Waals surface area contributed by atoms with E-state index in [2.05, 4.69) is 5.16 Å². The van der Waals surface area contributed by atoms with E-state index >= 15 is 0 Å². The minimum atomic E-state index is -0.191. The second kappa shape index (κ2) is 6.10. The molecule has 0 spiro atoms. The number of aliphatic hydroxyl groups is 1. The Balaban J connectivity index is 1.79. The smallest absolute Gasteiger partial charge is 0.292 e. The van der Waals surface area contributed by atoms with Crippen molar-refractivity contribution in [2.75, 3.05) is 13.2 Å². The molecule has 110 valence electrons. The Labute approximate surface area is 123 Å². The third-order valence-corrected chi connectivity index (χ3v) is 3.91. The van der Waals surface area contributed by atoms with Crippen molar-refractivity contribution >= 4 is 5.91 Å². The van der Waals surface area contributed by atoms with E-state index in [0.29, 0.717) is 12.2 Å². The largest absolute Gasteiger partial charge is 0.395 e. The number of nitrogens with zero attached hydrogens (tertiary/aromatic N) is 2. The topological polar surface area (TPSA) is 66.6 Å². The quantitative estimate of drug-likeness (QED) is 0.916. The van der Waals surface area contributed by atoms with Crippen LogP contribution >= 0.6 is 0 Å². The summed E-state index contributed by atoms with van der Waals surface area (Å²) >= 11 is 0. The average molecular weight is 286 g/mol. The summed E-state index contributed by atoms with van der Waals surface area (Å²) in [5, 5.41) is 13.1. The van der Waals surface area contributed by atoms with Gasteiger partial charge in [0, 0.05) is 24.2 Å². The summed E-state index contributed by atoms with van der Waals surface area (Å²) < 4.78 is 5.20. The van der Waals surface area contributed by atoms with Crippen LogP contribution in [-0.4, -0.2) is 40.3 Å². The molecule has 5 nitrogen and oxygen atoms in total. The number of rotatable bonds is 5. The Hall–Kier alpha value is -2.14. The fourth-order valence-corrected chi connectivity index (χ4v) is 2.52. The number of amides is 1. The molecule has 5 heteroatoms. The van der Waals surface area contributed by atoms with E-state index in [-0.39, 0.29) is 24.3 Å². The molecule has 0 saturated heterocycles. The van der Waals surface area contributed by atoms with Gasteiger partial charge in [-0.2, -0.15) is 0 Å². The van der Waals surface area contributed by atoms with Gasteiger partial charge in [0.2, 0.25) is 5.76 Å². The van der Waals surface area contributed by atoms with Gasteiger partial charge in [-0.1, -0.05) is 35.5 Å². The number of aliphatic hydroxyl groups excluding tert-OH is 1. The molecule has 0 unspecified atom stereocenters. The van der Waals surface area contributed by atoms with E-state index in [1.54, 1.807) is 11.0 Å². The van der Waals surface area contributed by atoms with Crippen molar-refractivity contribution in [1.82, 2.24) is 10.1 Å². The normalized spacial score (nSPS) is 14.7. The molecule has 0 radical (unpaired) electrons. The molecule has 0 atom stereocenters. The minimum absolute atomic E-state index is 0.0398. The Kier molecular flexibility index (Phi) is 4.01. The molecule has 2 aromatic rings. The zero-order chi connectivity index (χ0) is 14.7. The SMILES string of the molecule is O=C(c1cc(-c2ccccc2)no1)N(CCO)C1CCC1. The number of aromatic nitrogens is 1. The lowest BCUT2D eigenvalue weighted by Gasteiger charge is -2.36. The molecular weight excluding hydrogens is 268 g/mol. The van der Waals surface area contributed by atoms with Crippen molar-refractivity contribution in [3.05, 3.63) is 42.2 Å².